The average Bonchev–Trinajstić information content (AvgIpc) is 3.34. The van der Waals surface area contributed by atoms with Gasteiger partial charge in [0.25, 0.3) is 5.91 Å². The molecule has 3 heterocycles. The number of nitrogens with zero attached hydrogens (tertiary/aromatic N) is 4. The van der Waals surface area contributed by atoms with Gasteiger partial charge >= 0.3 is 0 Å². The van der Waals surface area contributed by atoms with Gasteiger partial charge in [0.05, 0.1) is 17.1 Å². The molecule has 0 saturated carbocycles. The van der Waals surface area contributed by atoms with E-state index < -0.39 is 0 Å². The minimum absolute atomic E-state index is 0.0560. The standard InChI is InChI=1S/C19H19N5OS/c1-13-16-10-17(26-19(16)23(2)22-13)18(25)20-11-14-6-3-4-7-15(14)12-24-9-5-8-21-24/h3-10H,11-12H2,1-2H3,(H,20,25). The van der Waals surface area contributed by atoms with Gasteiger partial charge in [-0.3, -0.25) is 14.2 Å². The summed E-state index contributed by atoms with van der Waals surface area (Å²) in [7, 11) is 1.90. The van der Waals surface area contributed by atoms with Gasteiger partial charge in [0.1, 0.15) is 4.83 Å². The fraction of sp³-hybridized carbons (Fsp3) is 0.211. The molecule has 0 saturated heterocycles. The van der Waals surface area contributed by atoms with Crippen LogP contribution >= 0.6 is 11.3 Å². The molecule has 0 unspecified atom stereocenters. The fourth-order valence-electron chi connectivity index (χ4n) is 3.03. The molecule has 6 nitrogen and oxygen atoms in total. The van der Waals surface area contributed by atoms with Crippen molar-refractivity contribution in [2.24, 2.45) is 7.05 Å². The summed E-state index contributed by atoms with van der Waals surface area (Å²) in [6, 6.07) is 11.9. The topological polar surface area (TPSA) is 64.7 Å². The van der Waals surface area contributed by atoms with Crippen LogP contribution in [0.5, 0.6) is 0 Å². The van der Waals surface area contributed by atoms with Gasteiger partial charge in [-0.2, -0.15) is 10.2 Å². The molecule has 3 aromatic heterocycles. The zero-order valence-corrected chi connectivity index (χ0v) is 15.5. The summed E-state index contributed by atoms with van der Waals surface area (Å²) in [5.41, 5.74) is 3.19. The van der Waals surface area contributed by atoms with E-state index in [0.29, 0.717) is 18.0 Å². The molecule has 4 rings (SSSR count). The highest BCUT2D eigenvalue weighted by molar-refractivity contribution is 7.20. The van der Waals surface area contributed by atoms with E-state index in [1.54, 1.807) is 6.20 Å². The van der Waals surface area contributed by atoms with Crippen molar-refractivity contribution in [3.8, 4) is 0 Å². The molecule has 26 heavy (non-hydrogen) atoms. The zero-order chi connectivity index (χ0) is 18.1. The molecule has 132 valence electrons. The molecule has 0 aliphatic rings. The Hall–Kier alpha value is -2.93. The van der Waals surface area contributed by atoms with E-state index >= 15 is 0 Å². The summed E-state index contributed by atoms with van der Waals surface area (Å²) < 4.78 is 3.70. The molecule has 0 atom stereocenters. The molecular weight excluding hydrogens is 346 g/mol. The highest BCUT2D eigenvalue weighted by Gasteiger charge is 2.15. The maximum absolute atomic E-state index is 12.6. The Labute approximate surface area is 155 Å². The molecule has 1 N–H and O–H groups in total. The molecule has 1 amide bonds. The van der Waals surface area contributed by atoms with Crippen LogP contribution in [-0.4, -0.2) is 25.5 Å². The Balaban J connectivity index is 1.49. The van der Waals surface area contributed by atoms with Crippen molar-refractivity contribution in [2.75, 3.05) is 0 Å². The van der Waals surface area contributed by atoms with Crippen molar-refractivity contribution < 1.29 is 4.79 Å². The van der Waals surface area contributed by atoms with Gasteiger partial charge in [-0.15, -0.1) is 11.3 Å². The number of carbonyl (C=O) groups is 1. The highest BCUT2D eigenvalue weighted by atomic mass is 32.1. The number of carbonyl (C=O) groups excluding carboxylic acids is 1. The zero-order valence-electron chi connectivity index (χ0n) is 14.6. The monoisotopic (exact) mass is 365 g/mol. The molecule has 0 radical (unpaired) electrons. The lowest BCUT2D eigenvalue weighted by Gasteiger charge is -2.10. The van der Waals surface area contributed by atoms with E-state index in [-0.39, 0.29) is 5.91 Å². The summed E-state index contributed by atoms with van der Waals surface area (Å²) in [4.78, 5) is 14.3. The molecule has 0 aliphatic carbocycles. The third-order valence-corrected chi connectivity index (χ3v) is 5.57. The number of benzene rings is 1. The maximum atomic E-state index is 12.6. The average molecular weight is 365 g/mol. The van der Waals surface area contributed by atoms with E-state index in [4.69, 9.17) is 0 Å². The first-order chi connectivity index (χ1) is 12.6. The number of amides is 1. The van der Waals surface area contributed by atoms with E-state index in [1.807, 2.05) is 59.9 Å². The number of thiophene rings is 1. The van der Waals surface area contributed by atoms with Crippen molar-refractivity contribution in [1.82, 2.24) is 24.9 Å². The largest absolute Gasteiger partial charge is 0.347 e. The van der Waals surface area contributed by atoms with Gasteiger partial charge in [-0.1, -0.05) is 24.3 Å². The van der Waals surface area contributed by atoms with Crippen LogP contribution in [0.15, 0.2) is 48.8 Å². The Bertz CT molecular complexity index is 1030. The Morgan fingerprint density at radius 1 is 1.23 bits per heavy atom. The van der Waals surface area contributed by atoms with Crippen molar-refractivity contribution >= 4 is 27.5 Å². The van der Waals surface area contributed by atoms with Crippen LogP contribution in [0.3, 0.4) is 0 Å². The number of hydrogen-bond donors (Lipinski definition) is 1. The van der Waals surface area contributed by atoms with Crippen molar-refractivity contribution in [3.63, 3.8) is 0 Å². The van der Waals surface area contributed by atoms with Crippen LogP contribution < -0.4 is 5.32 Å². The molecule has 0 bridgehead atoms. The second-order valence-electron chi connectivity index (χ2n) is 6.19. The number of aromatic nitrogens is 4. The summed E-state index contributed by atoms with van der Waals surface area (Å²) in [6.07, 6.45) is 3.70. The van der Waals surface area contributed by atoms with Gasteiger partial charge in [-0.25, -0.2) is 0 Å². The van der Waals surface area contributed by atoms with E-state index in [0.717, 1.165) is 27.0 Å². The molecule has 7 heteroatoms. The molecule has 0 aliphatic heterocycles. The van der Waals surface area contributed by atoms with E-state index in [1.165, 1.54) is 11.3 Å². The lowest BCUT2D eigenvalue weighted by Crippen LogP contribution is -2.22. The Morgan fingerprint density at radius 2 is 2.04 bits per heavy atom. The SMILES string of the molecule is Cc1nn(C)c2sc(C(=O)NCc3ccccc3Cn3cccn3)cc12. The summed E-state index contributed by atoms with van der Waals surface area (Å²) in [5, 5.41) is 12.7. The predicted octanol–water partition coefficient (Wildman–Crippen LogP) is 3.12. The maximum Gasteiger partial charge on any atom is 0.261 e. The van der Waals surface area contributed by atoms with Crippen LogP contribution in [0.2, 0.25) is 0 Å². The second kappa shape index (κ2) is 6.76. The van der Waals surface area contributed by atoms with Crippen LogP contribution in [0, 0.1) is 6.92 Å². The van der Waals surface area contributed by atoms with Gasteiger partial charge in [0.2, 0.25) is 0 Å². The quantitative estimate of drug-likeness (QED) is 0.591. The van der Waals surface area contributed by atoms with E-state index in [9.17, 15) is 4.79 Å². The molecule has 4 aromatic rings. The summed E-state index contributed by atoms with van der Waals surface area (Å²) in [5.74, 6) is -0.0560. The predicted molar refractivity (Wildman–Crippen MR) is 102 cm³/mol. The number of aryl methyl sites for hydroxylation is 2. The van der Waals surface area contributed by atoms with Crippen molar-refractivity contribution in [1.29, 1.82) is 0 Å². The highest BCUT2D eigenvalue weighted by Crippen LogP contribution is 2.27. The van der Waals surface area contributed by atoms with Crippen LogP contribution in [0.1, 0.15) is 26.5 Å². The molecule has 0 fully saturated rings. The summed E-state index contributed by atoms with van der Waals surface area (Å²) >= 11 is 1.47. The van der Waals surface area contributed by atoms with Gasteiger partial charge in [0.15, 0.2) is 0 Å². The molecular formula is C19H19N5OS. The number of rotatable bonds is 5. The van der Waals surface area contributed by atoms with Crippen LogP contribution in [0.25, 0.3) is 10.2 Å². The molecule has 1 aromatic carbocycles. The first-order valence-corrected chi connectivity index (χ1v) is 9.19. The number of nitrogens with one attached hydrogen (secondary N) is 1. The number of fused-ring (bicyclic) bond motifs is 1. The Morgan fingerprint density at radius 3 is 2.77 bits per heavy atom. The smallest absolute Gasteiger partial charge is 0.261 e. The number of hydrogen-bond acceptors (Lipinski definition) is 4. The van der Waals surface area contributed by atoms with Crippen molar-refractivity contribution in [3.05, 3.63) is 70.5 Å². The van der Waals surface area contributed by atoms with Crippen LogP contribution in [0.4, 0.5) is 0 Å². The summed E-state index contributed by atoms with van der Waals surface area (Å²) in [6.45, 7) is 3.14. The fourth-order valence-corrected chi connectivity index (χ4v) is 4.07. The molecule has 0 spiro atoms. The second-order valence-corrected chi connectivity index (χ2v) is 7.22. The van der Waals surface area contributed by atoms with Crippen molar-refractivity contribution in [2.45, 2.75) is 20.0 Å². The minimum atomic E-state index is -0.0560. The van der Waals surface area contributed by atoms with Gasteiger partial charge in [0, 0.05) is 31.4 Å². The normalized spacial score (nSPS) is 11.2. The third kappa shape index (κ3) is 3.13. The Kier molecular flexibility index (Phi) is 4.30. The van der Waals surface area contributed by atoms with Crippen LogP contribution in [-0.2, 0) is 20.1 Å². The lowest BCUT2D eigenvalue weighted by atomic mass is 10.1. The van der Waals surface area contributed by atoms with E-state index in [2.05, 4.69) is 21.6 Å². The van der Waals surface area contributed by atoms with Gasteiger partial charge < -0.3 is 5.32 Å². The first kappa shape index (κ1) is 16.5. The van der Waals surface area contributed by atoms with Gasteiger partial charge in [-0.05, 0) is 30.2 Å². The minimum Gasteiger partial charge on any atom is -0.347 e. The third-order valence-electron chi connectivity index (χ3n) is 4.37. The first-order valence-electron chi connectivity index (χ1n) is 8.37. The lowest BCUT2D eigenvalue weighted by molar-refractivity contribution is 0.0955.